The molecule has 1 N–H and O–H groups in total. The normalized spacial score (nSPS) is 10.7. The molecule has 0 aliphatic rings. The summed E-state index contributed by atoms with van der Waals surface area (Å²) in [4.78, 5) is 12.7. The third-order valence-electron chi connectivity index (χ3n) is 4.76. The summed E-state index contributed by atoms with van der Waals surface area (Å²) in [7, 11) is 0. The Bertz CT molecular complexity index is 989. The number of rotatable bonds is 5. The number of aromatic nitrogens is 1. The van der Waals surface area contributed by atoms with Crippen LogP contribution >= 0.6 is 0 Å². The predicted molar refractivity (Wildman–Crippen MR) is 105 cm³/mol. The summed E-state index contributed by atoms with van der Waals surface area (Å²) >= 11 is 0. The summed E-state index contributed by atoms with van der Waals surface area (Å²) in [6.45, 7) is 10.0. The Balaban J connectivity index is 1.79. The molecule has 0 aliphatic carbocycles. The molecule has 27 heavy (non-hydrogen) atoms. The molecule has 5 heteroatoms. The molecular weight excluding hydrogens is 340 g/mol. The molecule has 0 bridgehead atoms. The minimum atomic E-state index is -0.307. The Hall–Kier alpha value is -3.08. The van der Waals surface area contributed by atoms with E-state index in [1.54, 1.807) is 6.92 Å². The van der Waals surface area contributed by atoms with E-state index in [1.807, 2.05) is 64.1 Å². The van der Waals surface area contributed by atoms with Crippen LogP contribution in [-0.4, -0.2) is 11.1 Å². The smallest absolute Gasteiger partial charge is 0.278 e. The molecule has 1 aromatic heterocycles. The number of anilines is 1. The van der Waals surface area contributed by atoms with Gasteiger partial charge < -0.3 is 14.6 Å². The maximum atomic E-state index is 12.7. The summed E-state index contributed by atoms with van der Waals surface area (Å²) in [6, 6.07) is 11.8. The number of hydrogen-bond acceptors (Lipinski definition) is 4. The molecule has 1 heterocycles. The zero-order chi connectivity index (χ0) is 19.6. The van der Waals surface area contributed by atoms with Crippen molar-refractivity contribution in [2.24, 2.45) is 0 Å². The Labute approximate surface area is 159 Å². The van der Waals surface area contributed by atoms with Crippen LogP contribution in [0.15, 0.2) is 40.9 Å². The van der Waals surface area contributed by atoms with E-state index in [-0.39, 0.29) is 18.2 Å². The highest BCUT2D eigenvalue weighted by Crippen LogP contribution is 2.24. The second-order valence-electron chi connectivity index (χ2n) is 6.83. The summed E-state index contributed by atoms with van der Waals surface area (Å²) in [6.07, 6.45) is 0. The zero-order valence-electron chi connectivity index (χ0n) is 16.3. The van der Waals surface area contributed by atoms with Crippen LogP contribution in [0.4, 0.5) is 5.69 Å². The van der Waals surface area contributed by atoms with Gasteiger partial charge in [-0.1, -0.05) is 35.0 Å². The summed E-state index contributed by atoms with van der Waals surface area (Å²) < 4.78 is 11.2. The molecule has 0 unspecified atom stereocenters. The Morgan fingerprint density at radius 3 is 2.59 bits per heavy atom. The van der Waals surface area contributed by atoms with Crippen molar-refractivity contribution >= 4 is 11.6 Å². The maximum Gasteiger partial charge on any atom is 0.278 e. The molecule has 0 spiro atoms. The van der Waals surface area contributed by atoms with Gasteiger partial charge in [0, 0.05) is 5.69 Å². The summed E-state index contributed by atoms with van der Waals surface area (Å²) in [5, 5.41) is 6.85. The molecule has 0 saturated carbocycles. The molecule has 140 valence electrons. The second kappa shape index (κ2) is 7.66. The maximum absolute atomic E-state index is 12.7. The molecule has 1 amide bonds. The van der Waals surface area contributed by atoms with Gasteiger partial charge in [0.1, 0.15) is 18.1 Å². The third-order valence-corrected chi connectivity index (χ3v) is 4.76. The van der Waals surface area contributed by atoms with Crippen LogP contribution in [0.1, 0.15) is 44.1 Å². The second-order valence-corrected chi connectivity index (χ2v) is 6.83. The average Bonchev–Trinajstić information content (AvgIpc) is 2.99. The highest BCUT2D eigenvalue weighted by molar-refractivity contribution is 6.04. The van der Waals surface area contributed by atoms with E-state index in [0.717, 1.165) is 33.7 Å². The predicted octanol–water partition coefficient (Wildman–Crippen LogP) is 5.05. The first kappa shape index (κ1) is 18.7. The molecule has 0 saturated heterocycles. The number of aryl methyl sites for hydroxylation is 4. The Morgan fingerprint density at radius 2 is 1.85 bits per heavy atom. The monoisotopic (exact) mass is 364 g/mol. The molecule has 3 aromatic rings. The SMILES string of the molecule is Cc1ccc(NC(=O)c2noc(C)c2COc2cccc(C)c2C)c(C)c1. The van der Waals surface area contributed by atoms with Gasteiger partial charge in [-0.3, -0.25) is 4.79 Å². The Morgan fingerprint density at radius 1 is 1.07 bits per heavy atom. The zero-order valence-corrected chi connectivity index (χ0v) is 16.3. The van der Waals surface area contributed by atoms with Crippen LogP contribution in [0.2, 0.25) is 0 Å². The van der Waals surface area contributed by atoms with Crippen LogP contribution in [0.25, 0.3) is 0 Å². The number of carbonyl (C=O) groups is 1. The highest BCUT2D eigenvalue weighted by Gasteiger charge is 2.21. The van der Waals surface area contributed by atoms with Crippen molar-refractivity contribution in [3.63, 3.8) is 0 Å². The number of carbonyl (C=O) groups excluding carboxylic acids is 1. The van der Waals surface area contributed by atoms with E-state index >= 15 is 0 Å². The van der Waals surface area contributed by atoms with Gasteiger partial charge in [-0.2, -0.15) is 0 Å². The van der Waals surface area contributed by atoms with E-state index in [1.165, 1.54) is 0 Å². The van der Waals surface area contributed by atoms with Crippen LogP contribution < -0.4 is 10.1 Å². The van der Waals surface area contributed by atoms with Crippen molar-refractivity contribution in [2.45, 2.75) is 41.2 Å². The van der Waals surface area contributed by atoms with Gasteiger partial charge in [-0.05, 0) is 63.4 Å². The van der Waals surface area contributed by atoms with Gasteiger partial charge in [-0.15, -0.1) is 0 Å². The molecular formula is C22H24N2O3. The van der Waals surface area contributed by atoms with Crippen LogP contribution in [0.5, 0.6) is 5.75 Å². The van der Waals surface area contributed by atoms with Crippen molar-refractivity contribution in [1.29, 1.82) is 0 Å². The van der Waals surface area contributed by atoms with E-state index in [0.29, 0.717) is 11.3 Å². The molecule has 0 atom stereocenters. The van der Waals surface area contributed by atoms with E-state index in [2.05, 4.69) is 10.5 Å². The lowest BCUT2D eigenvalue weighted by atomic mass is 10.1. The molecule has 3 rings (SSSR count). The minimum Gasteiger partial charge on any atom is -0.488 e. The van der Waals surface area contributed by atoms with Gasteiger partial charge in [0.05, 0.1) is 5.56 Å². The first-order chi connectivity index (χ1) is 12.9. The lowest BCUT2D eigenvalue weighted by Gasteiger charge is -2.11. The van der Waals surface area contributed by atoms with Crippen LogP contribution in [0, 0.1) is 34.6 Å². The van der Waals surface area contributed by atoms with E-state index in [4.69, 9.17) is 9.26 Å². The molecule has 0 radical (unpaired) electrons. The fraction of sp³-hybridized carbons (Fsp3) is 0.273. The quantitative estimate of drug-likeness (QED) is 0.688. The largest absolute Gasteiger partial charge is 0.488 e. The first-order valence-corrected chi connectivity index (χ1v) is 8.89. The van der Waals surface area contributed by atoms with Gasteiger partial charge in [0.2, 0.25) is 0 Å². The number of ether oxygens (including phenoxy) is 1. The highest BCUT2D eigenvalue weighted by atomic mass is 16.5. The van der Waals surface area contributed by atoms with E-state index < -0.39 is 0 Å². The standard InChI is InChI=1S/C22H24N2O3/c1-13-9-10-19(15(3)11-13)23-22(25)21-18(17(5)27-24-21)12-26-20-8-6-7-14(2)16(20)4/h6-11H,12H2,1-5H3,(H,23,25). The van der Waals surface area contributed by atoms with E-state index in [9.17, 15) is 4.79 Å². The van der Waals surface area contributed by atoms with Gasteiger partial charge >= 0.3 is 0 Å². The molecule has 0 fully saturated rings. The minimum absolute atomic E-state index is 0.218. The fourth-order valence-electron chi connectivity index (χ4n) is 2.91. The van der Waals surface area contributed by atoms with Crippen molar-refractivity contribution in [3.05, 3.63) is 75.7 Å². The van der Waals surface area contributed by atoms with Crippen molar-refractivity contribution in [1.82, 2.24) is 5.16 Å². The number of benzene rings is 2. The lowest BCUT2D eigenvalue weighted by Crippen LogP contribution is -2.16. The Kier molecular flexibility index (Phi) is 5.31. The van der Waals surface area contributed by atoms with Crippen molar-refractivity contribution in [3.8, 4) is 5.75 Å². The molecule has 0 aliphatic heterocycles. The number of nitrogens with one attached hydrogen (secondary N) is 1. The fourth-order valence-corrected chi connectivity index (χ4v) is 2.91. The topological polar surface area (TPSA) is 64.4 Å². The lowest BCUT2D eigenvalue weighted by molar-refractivity contribution is 0.101. The summed E-state index contributed by atoms with van der Waals surface area (Å²) in [5.74, 6) is 1.06. The van der Waals surface area contributed by atoms with Crippen molar-refractivity contribution in [2.75, 3.05) is 5.32 Å². The van der Waals surface area contributed by atoms with Gasteiger partial charge in [0.25, 0.3) is 5.91 Å². The number of nitrogens with zero attached hydrogens (tertiary/aromatic N) is 1. The van der Waals surface area contributed by atoms with Gasteiger partial charge in [-0.25, -0.2) is 0 Å². The number of hydrogen-bond donors (Lipinski definition) is 1. The molecule has 2 aromatic carbocycles. The summed E-state index contributed by atoms with van der Waals surface area (Å²) in [5.41, 5.74) is 6.03. The van der Waals surface area contributed by atoms with Crippen molar-refractivity contribution < 1.29 is 14.1 Å². The average molecular weight is 364 g/mol. The number of amides is 1. The van der Waals surface area contributed by atoms with Gasteiger partial charge in [0.15, 0.2) is 5.69 Å². The molecule has 5 nitrogen and oxygen atoms in total. The van der Waals surface area contributed by atoms with Crippen LogP contribution in [0.3, 0.4) is 0 Å². The van der Waals surface area contributed by atoms with Crippen LogP contribution in [-0.2, 0) is 6.61 Å². The first-order valence-electron chi connectivity index (χ1n) is 8.89. The third kappa shape index (κ3) is 4.03.